The minimum absolute atomic E-state index is 0.0770. The zero-order valence-corrected chi connectivity index (χ0v) is 12.8. The molecule has 1 aromatic rings. The van der Waals surface area contributed by atoms with Gasteiger partial charge in [-0.1, -0.05) is 30.7 Å². The molecule has 0 radical (unpaired) electrons. The minimum atomic E-state index is -0.140. The molecule has 110 valence electrons. The quantitative estimate of drug-likeness (QED) is 0.798. The number of para-hydroxylation sites is 1. The zero-order chi connectivity index (χ0) is 14.5. The standard InChI is InChI=1S/C15H21ClN2O2/c1-12(15(19)20-2)11-17-7-9-18(10-8-17)14-6-4-3-5-13(14)16/h3-6,12H,7-11H2,1-2H3. The van der Waals surface area contributed by atoms with Gasteiger partial charge in [0.15, 0.2) is 0 Å². The van der Waals surface area contributed by atoms with Gasteiger partial charge in [0.25, 0.3) is 0 Å². The smallest absolute Gasteiger partial charge is 0.309 e. The summed E-state index contributed by atoms with van der Waals surface area (Å²) in [7, 11) is 1.44. The van der Waals surface area contributed by atoms with Crippen LogP contribution in [0.3, 0.4) is 0 Å². The van der Waals surface area contributed by atoms with Crippen molar-refractivity contribution < 1.29 is 9.53 Å². The fourth-order valence-corrected chi connectivity index (χ4v) is 2.80. The lowest BCUT2D eigenvalue weighted by molar-refractivity contribution is -0.145. The van der Waals surface area contributed by atoms with E-state index in [9.17, 15) is 4.79 Å². The lowest BCUT2D eigenvalue weighted by atomic mass is 10.1. The summed E-state index contributed by atoms with van der Waals surface area (Å²) >= 11 is 6.22. The highest BCUT2D eigenvalue weighted by molar-refractivity contribution is 6.33. The van der Waals surface area contributed by atoms with E-state index >= 15 is 0 Å². The molecule has 1 heterocycles. The van der Waals surface area contributed by atoms with Crippen molar-refractivity contribution in [3.8, 4) is 0 Å². The number of halogens is 1. The van der Waals surface area contributed by atoms with E-state index < -0.39 is 0 Å². The van der Waals surface area contributed by atoms with Crippen LogP contribution in [-0.4, -0.2) is 50.7 Å². The summed E-state index contributed by atoms with van der Waals surface area (Å²) < 4.78 is 4.77. The van der Waals surface area contributed by atoms with Crippen LogP contribution in [-0.2, 0) is 9.53 Å². The largest absolute Gasteiger partial charge is 0.469 e. The van der Waals surface area contributed by atoms with Crippen molar-refractivity contribution >= 4 is 23.3 Å². The number of benzene rings is 1. The van der Waals surface area contributed by atoms with Crippen LogP contribution in [0.25, 0.3) is 0 Å². The fourth-order valence-electron chi connectivity index (χ4n) is 2.54. The van der Waals surface area contributed by atoms with E-state index in [-0.39, 0.29) is 11.9 Å². The molecule has 20 heavy (non-hydrogen) atoms. The second-order valence-electron chi connectivity index (χ2n) is 5.16. The van der Waals surface area contributed by atoms with E-state index in [2.05, 4.69) is 15.9 Å². The number of nitrogens with zero attached hydrogens (tertiary/aromatic N) is 2. The fraction of sp³-hybridized carbons (Fsp3) is 0.533. The number of esters is 1. The van der Waals surface area contributed by atoms with E-state index in [1.165, 1.54) is 7.11 Å². The topological polar surface area (TPSA) is 32.8 Å². The molecule has 1 unspecified atom stereocenters. The van der Waals surface area contributed by atoms with E-state index in [0.29, 0.717) is 0 Å². The summed E-state index contributed by atoms with van der Waals surface area (Å²) in [5, 5.41) is 0.795. The first-order chi connectivity index (χ1) is 9.61. The third kappa shape index (κ3) is 3.64. The number of rotatable bonds is 4. The van der Waals surface area contributed by atoms with E-state index in [4.69, 9.17) is 16.3 Å². The van der Waals surface area contributed by atoms with Gasteiger partial charge in [0.05, 0.1) is 23.7 Å². The van der Waals surface area contributed by atoms with Crippen molar-refractivity contribution in [3.63, 3.8) is 0 Å². The van der Waals surface area contributed by atoms with Crippen molar-refractivity contribution in [2.24, 2.45) is 5.92 Å². The van der Waals surface area contributed by atoms with E-state index in [0.717, 1.165) is 43.4 Å². The molecule has 1 saturated heterocycles. The zero-order valence-electron chi connectivity index (χ0n) is 12.0. The first kappa shape index (κ1) is 15.1. The average molecular weight is 297 g/mol. The number of carbonyl (C=O) groups is 1. The molecule has 1 atom stereocenters. The maximum Gasteiger partial charge on any atom is 0.309 e. The minimum Gasteiger partial charge on any atom is -0.469 e. The molecule has 0 aliphatic carbocycles. The monoisotopic (exact) mass is 296 g/mol. The molecule has 0 saturated carbocycles. The molecular formula is C15H21ClN2O2. The highest BCUT2D eigenvalue weighted by Crippen LogP contribution is 2.26. The first-order valence-corrected chi connectivity index (χ1v) is 7.29. The molecule has 0 aromatic heterocycles. The number of ether oxygens (including phenoxy) is 1. The molecule has 4 nitrogen and oxygen atoms in total. The van der Waals surface area contributed by atoms with Crippen LogP contribution in [0.1, 0.15) is 6.92 Å². The van der Waals surface area contributed by atoms with Crippen LogP contribution in [0.4, 0.5) is 5.69 Å². The van der Waals surface area contributed by atoms with Crippen LogP contribution in [0.5, 0.6) is 0 Å². The number of anilines is 1. The number of carbonyl (C=O) groups excluding carboxylic acids is 1. The molecule has 1 aliphatic heterocycles. The Morgan fingerprint density at radius 1 is 1.30 bits per heavy atom. The Labute approximate surface area is 125 Å². The third-order valence-corrected chi connectivity index (χ3v) is 4.02. The Morgan fingerprint density at radius 3 is 2.55 bits per heavy atom. The predicted octanol–water partition coefficient (Wildman–Crippen LogP) is 2.27. The summed E-state index contributed by atoms with van der Waals surface area (Å²) in [4.78, 5) is 16.0. The van der Waals surface area contributed by atoms with Gasteiger partial charge in [-0.25, -0.2) is 0 Å². The van der Waals surface area contributed by atoms with E-state index in [1.807, 2.05) is 25.1 Å². The van der Waals surface area contributed by atoms with Crippen LogP contribution in [0.15, 0.2) is 24.3 Å². The summed E-state index contributed by atoms with van der Waals surface area (Å²) in [6.07, 6.45) is 0. The maximum atomic E-state index is 11.4. The van der Waals surface area contributed by atoms with Gasteiger partial charge in [0.1, 0.15) is 0 Å². The third-order valence-electron chi connectivity index (χ3n) is 3.70. The van der Waals surface area contributed by atoms with Gasteiger partial charge in [-0.15, -0.1) is 0 Å². The number of hydrogen-bond donors (Lipinski definition) is 0. The van der Waals surface area contributed by atoms with Crippen LogP contribution in [0, 0.1) is 5.92 Å². The van der Waals surface area contributed by atoms with Gasteiger partial charge in [0.2, 0.25) is 0 Å². The lowest BCUT2D eigenvalue weighted by Gasteiger charge is -2.37. The average Bonchev–Trinajstić information content (AvgIpc) is 2.48. The second kappa shape index (κ2) is 6.95. The summed E-state index contributed by atoms with van der Waals surface area (Å²) in [5.74, 6) is -0.217. The van der Waals surface area contributed by atoms with Crippen molar-refractivity contribution in [1.29, 1.82) is 0 Å². The van der Waals surface area contributed by atoms with Crippen molar-refractivity contribution in [2.75, 3.05) is 44.7 Å². The molecule has 1 aromatic carbocycles. The Bertz CT molecular complexity index is 459. The summed E-state index contributed by atoms with van der Waals surface area (Å²) in [6, 6.07) is 7.92. The molecule has 1 aliphatic rings. The molecule has 2 rings (SSSR count). The van der Waals surface area contributed by atoms with Gasteiger partial charge in [0, 0.05) is 32.7 Å². The van der Waals surface area contributed by atoms with Crippen LogP contribution >= 0.6 is 11.6 Å². The van der Waals surface area contributed by atoms with Gasteiger partial charge in [-0.2, -0.15) is 0 Å². The molecule has 5 heteroatoms. The molecular weight excluding hydrogens is 276 g/mol. The Balaban J connectivity index is 1.87. The van der Waals surface area contributed by atoms with E-state index in [1.54, 1.807) is 0 Å². The molecule has 0 N–H and O–H groups in total. The highest BCUT2D eigenvalue weighted by atomic mass is 35.5. The summed E-state index contributed by atoms with van der Waals surface area (Å²) in [6.45, 7) is 6.39. The maximum absolute atomic E-state index is 11.4. The van der Waals surface area contributed by atoms with Crippen LogP contribution < -0.4 is 4.90 Å². The Hall–Kier alpha value is -1.26. The van der Waals surface area contributed by atoms with Gasteiger partial charge >= 0.3 is 5.97 Å². The number of hydrogen-bond acceptors (Lipinski definition) is 4. The highest BCUT2D eigenvalue weighted by Gasteiger charge is 2.22. The molecule has 0 amide bonds. The molecule has 0 bridgehead atoms. The van der Waals surface area contributed by atoms with Crippen molar-refractivity contribution in [2.45, 2.75) is 6.92 Å². The van der Waals surface area contributed by atoms with Crippen molar-refractivity contribution in [3.05, 3.63) is 29.3 Å². The normalized spacial score (nSPS) is 17.9. The summed E-state index contributed by atoms with van der Waals surface area (Å²) in [5.41, 5.74) is 1.09. The first-order valence-electron chi connectivity index (χ1n) is 6.91. The van der Waals surface area contributed by atoms with Crippen molar-refractivity contribution in [1.82, 2.24) is 4.90 Å². The SMILES string of the molecule is COC(=O)C(C)CN1CCN(c2ccccc2Cl)CC1. The molecule has 0 spiro atoms. The Morgan fingerprint density at radius 2 is 1.95 bits per heavy atom. The van der Waals surface area contributed by atoms with Gasteiger partial charge < -0.3 is 9.64 Å². The second-order valence-corrected chi connectivity index (χ2v) is 5.57. The predicted molar refractivity (Wildman–Crippen MR) is 81.3 cm³/mol. The van der Waals surface area contributed by atoms with Crippen LogP contribution in [0.2, 0.25) is 5.02 Å². The number of methoxy groups -OCH3 is 1. The molecule has 1 fully saturated rings. The van der Waals surface area contributed by atoms with Gasteiger partial charge in [-0.05, 0) is 12.1 Å². The lowest BCUT2D eigenvalue weighted by Crippen LogP contribution is -2.48. The Kier molecular flexibility index (Phi) is 5.26. The van der Waals surface area contributed by atoms with Gasteiger partial charge in [-0.3, -0.25) is 9.69 Å². The number of piperazine rings is 1.